The van der Waals surface area contributed by atoms with Crippen LogP contribution in [0.5, 0.6) is 0 Å². The SMILES string of the molecule is Cc1cccc(C(=O)N(CCCN2CCCC2)CCC(=O)N2CCNCC2)c1. The van der Waals surface area contributed by atoms with E-state index < -0.39 is 0 Å². The van der Waals surface area contributed by atoms with Gasteiger partial charge in [-0.3, -0.25) is 9.59 Å². The number of amides is 2. The molecule has 2 fully saturated rings. The van der Waals surface area contributed by atoms with Crippen molar-refractivity contribution < 1.29 is 9.59 Å². The maximum Gasteiger partial charge on any atom is 0.253 e. The van der Waals surface area contributed by atoms with Crippen LogP contribution in [0.2, 0.25) is 0 Å². The second-order valence-electron chi connectivity index (χ2n) is 7.94. The van der Waals surface area contributed by atoms with E-state index >= 15 is 0 Å². The van der Waals surface area contributed by atoms with Crippen LogP contribution in [0.4, 0.5) is 0 Å². The van der Waals surface area contributed by atoms with Gasteiger partial charge in [0.1, 0.15) is 0 Å². The largest absolute Gasteiger partial charge is 0.340 e. The Bertz CT molecular complexity index is 652. The molecule has 2 saturated heterocycles. The lowest BCUT2D eigenvalue weighted by molar-refractivity contribution is -0.131. The van der Waals surface area contributed by atoms with E-state index in [2.05, 4.69) is 10.2 Å². The topological polar surface area (TPSA) is 55.9 Å². The van der Waals surface area contributed by atoms with E-state index in [1.165, 1.54) is 25.9 Å². The normalized spacial score (nSPS) is 17.7. The number of hydrogen-bond donors (Lipinski definition) is 1. The quantitative estimate of drug-likeness (QED) is 0.740. The number of aryl methyl sites for hydroxylation is 1. The number of nitrogens with one attached hydrogen (secondary N) is 1. The molecule has 0 unspecified atom stereocenters. The second-order valence-corrected chi connectivity index (χ2v) is 7.94. The fourth-order valence-corrected chi connectivity index (χ4v) is 4.07. The van der Waals surface area contributed by atoms with Crippen LogP contribution in [0.1, 0.15) is 41.6 Å². The van der Waals surface area contributed by atoms with E-state index in [0.29, 0.717) is 19.5 Å². The van der Waals surface area contributed by atoms with Crippen LogP contribution < -0.4 is 5.32 Å². The summed E-state index contributed by atoms with van der Waals surface area (Å²) in [5.41, 5.74) is 1.80. The van der Waals surface area contributed by atoms with Crippen LogP contribution in [0, 0.1) is 6.92 Å². The molecule has 0 saturated carbocycles. The Kier molecular flexibility index (Phi) is 7.86. The summed E-state index contributed by atoms with van der Waals surface area (Å²) in [5, 5.41) is 3.27. The van der Waals surface area contributed by atoms with Crippen molar-refractivity contribution in [2.75, 3.05) is 58.9 Å². The first-order valence-corrected chi connectivity index (χ1v) is 10.7. The average molecular weight is 387 g/mol. The van der Waals surface area contributed by atoms with Crippen LogP contribution in [-0.2, 0) is 4.79 Å². The molecule has 1 aromatic carbocycles. The number of nitrogens with zero attached hydrogens (tertiary/aromatic N) is 3. The molecule has 0 spiro atoms. The third-order valence-corrected chi connectivity index (χ3v) is 5.72. The molecule has 2 amide bonds. The summed E-state index contributed by atoms with van der Waals surface area (Å²) in [5.74, 6) is 0.196. The number of carbonyl (C=O) groups is 2. The molecule has 6 heteroatoms. The van der Waals surface area contributed by atoms with Crippen molar-refractivity contribution in [3.63, 3.8) is 0 Å². The van der Waals surface area contributed by atoms with Gasteiger partial charge in [-0.05, 0) is 58.0 Å². The predicted octanol–water partition coefficient (Wildman–Crippen LogP) is 1.75. The molecule has 28 heavy (non-hydrogen) atoms. The fourth-order valence-electron chi connectivity index (χ4n) is 4.07. The van der Waals surface area contributed by atoms with E-state index in [4.69, 9.17) is 0 Å². The number of carbonyl (C=O) groups excluding carboxylic acids is 2. The molecule has 6 nitrogen and oxygen atoms in total. The van der Waals surface area contributed by atoms with Crippen molar-refractivity contribution >= 4 is 11.8 Å². The first kappa shape index (κ1) is 20.8. The number of hydrogen-bond acceptors (Lipinski definition) is 4. The zero-order valence-corrected chi connectivity index (χ0v) is 17.2. The lowest BCUT2D eigenvalue weighted by Gasteiger charge is -2.29. The fraction of sp³-hybridized carbons (Fsp3) is 0.636. The van der Waals surface area contributed by atoms with Crippen LogP contribution in [0.25, 0.3) is 0 Å². The lowest BCUT2D eigenvalue weighted by Crippen LogP contribution is -2.47. The molecule has 2 aliphatic heterocycles. The van der Waals surface area contributed by atoms with Crippen LogP contribution in [0.3, 0.4) is 0 Å². The molecule has 2 aliphatic rings. The summed E-state index contributed by atoms with van der Waals surface area (Å²) in [4.78, 5) is 31.9. The van der Waals surface area contributed by atoms with Gasteiger partial charge >= 0.3 is 0 Å². The maximum atomic E-state index is 13.1. The van der Waals surface area contributed by atoms with Crippen molar-refractivity contribution in [1.29, 1.82) is 0 Å². The first-order chi connectivity index (χ1) is 13.6. The Hall–Kier alpha value is -1.92. The number of piperazine rings is 1. The Labute approximate surface area is 168 Å². The van der Waals surface area contributed by atoms with Gasteiger partial charge < -0.3 is 20.0 Å². The summed E-state index contributed by atoms with van der Waals surface area (Å²) in [6, 6.07) is 7.74. The molecule has 0 aromatic heterocycles. The molecule has 0 atom stereocenters. The van der Waals surface area contributed by atoms with Gasteiger partial charge in [0.25, 0.3) is 5.91 Å². The maximum absolute atomic E-state index is 13.1. The van der Waals surface area contributed by atoms with Gasteiger partial charge in [0.05, 0.1) is 0 Å². The molecular weight excluding hydrogens is 352 g/mol. The summed E-state index contributed by atoms with van der Waals surface area (Å²) < 4.78 is 0. The molecule has 154 valence electrons. The van der Waals surface area contributed by atoms with Crippen LogP contribution in [-0.4, -0.2) is 85.4 Å². The zero-order chi connectivity index (χ0) is 19.8. The van der Waals surface area contributed by atoms with E-state index in [-0.39, 0.29) is 11.8 Å². The van der Waals surface area contributed by atoms with Crippen molar-refractivity contribution in [2.24, 2.45) is 0 Å². The van der Waals surface area contributed by atoms with Crippen LogP contribution in [0.15, 0.2) is 24.3 Å². The Morgan fingerprint density at radius 2 is 1.82 bits per heavy atom. The molecule has 1 aromatic rings. The highest BCUT2D eigenvalue weighted by atomic mass is 16.2. The van der Waals surface area contributed by atoms with E-state index in [1.54, 1.807) is 0 Å². The third kappa shape index (κ3) is 6.04. The van der Waals surface area contributed by atoms with Crippen molar-refractivity contribution in [1.82, 2.24) is 20.0 Å². The minimum Gasteiger partial charge on any atom is -0.340 e. The van der Waals surface area contributed by atoms with Gasteiger partial charge in [-0.25, -0.2) is 0 Å². The minimum absolute atomic E-state index is 0.0400. The zero-order valence-electron chi connectivity index (χ0n) is 17.2. The molecule has 1 N–H and O–H groups in total. The molecule has 0 radical (unpaired) electrons. The van der Waals surface area contributed by atoms with Gasteiger partial charge in [-0.1, -0.05) is 17.7 Å². The Balaban J connectivity index is 1.57. The minimum atomic E-state index is 0.0400. The molecule has 3 rings (SSSR count). The Morgan fingerprint density at radius 1 is 1.07 bits per heavy atom. The summed E-state index contributed by atoms with van der Waals surface area (Å²) in [7, 11) is 0. The van der Waals surface area contributed by atoms with Crippen molar-refractivity contribution in [2.45, 2.75) is 32.6 Å². The smallest absolute Gasteiger partial charge is 0.253 e. The van der Waals surface area contributed by atoms with Crippen LogP contribution >= 0.6 is 0 Å². The standard InChI is InChI=1S/C22H34N4O2/c1-19-6-4-7-20(18-19)22(28)26(14-5-13-24-11-2-3-12-24)15-8-21(27)25-16-9-23-10-17-25/h4,6-7,18,23H,2-3,5,8-17H2,1H3. The highest BCUT2D eigenvalue weighted by Gasteiger charge is 2.21. The summed E-state index contributed by atoms with van der Waals surface area (Å²) >= 11 is 0. The number of likely N-dealkylation sites (tertiary alicyclic amines) is 1. The first-order valence-electron chi connectivity index (χ1n) is 10.7. The van der Waals surface area contributed by atoms with E-state index in [1.807, 2.05) is 41.0 Å². The van der Waals surface area contributed by atoms with E-state index in [9.17, 15) is 9.59 Å². The van der Waals surface area contributed by atoms with Gasteiger partial charge in [0, 0.05) is 51.3 Å². The second kappa shape index (κ2) is 10.6. The molecule has 0 aliphatic carbocycles. The molecule has 2 heterocycles. The number of benzene rings is 1. The highest BCUT2D eigenvalue weighted by Crippen LogP contribution is 2.12. The van der Waals surface area contributed by atoms with Gasteiger partial charge in [-0.15, -0.1) is 0 Å². The molecule has 0 bridgehead atoms. The Morgan fingerprint density at radius 3 is 2.54 bits per heavy atom. The van der Waals surface area contributed by atoms with Gasteiger partial charge in [0.15, 0.2) is 0 Å². The lowest BCUT2D eigenvalue weighted by atomic mass is 10.1. The molecular formula is C22H34N4O2. The highest BCUT2D eigenvalue weighted by molar-refractivity contribution is 5.94. The summed E-state index contributed by atoms with van der Waals surface area (Å²) in [6.07, 6.45) is 3.93. The predicted molar refractivity (Wildman–Crippen MR) is 111 cm³/mol. The van der Waals surface area contributed by atoms with Crippen molar-refractivity contribution in [3.8, 4) is 0 Å². The average Bonchev–Trinajstić information content (AvgIpc) is 3.24. The number of rotatable bonds is 8. The third-order valence-electron chi connectivity index (χ3n) is 5.72. The summed E-state index contributed by atoms with van der Waals surface area (Å²) in [6.45, 7) is 9.82. The van der Waals surface area contributed by atoms with E-state index in [0.717, 1.165) is 50.3 Å². The van der Waals surface area contributed by atoms with Gasteiger partial charge in [-0.2, -0.15) is 0 Å². The van der Waals surface area contributed by atoms with Gasteiger partial charge in [0.2, 0.25) is 5.91 Å². The monoisotopic (exact) mass is 386 g/mol. The van der Waals surface area contributed by atoms with Crippen molar-refractivity contribution in [3.05, 3.63) is 35.4 Å².